The van der Waals surface area contributed by atoms with Crippen molar-refractivity contribution in [3.63, 3.8) is 0 Å². The molecule has 0 spiro atoms. The molecule has 0 saturated carbocycles. The number of aryl methyl sites for hydroxylation is 2. The summed E-state index contributed by atoms with van der Waals surface area (Å²) < 4.78 is 0. The van der Waals surface area contributed by atoms with Gasteiger partial charge in [-0.05, 0) is 43.0 Å². The van der Waals surface area contributed by atoms with Crippen LogP contribution in [0, 0.1) is 0 Å². The van der Waals surface area contributed by atoms with Gasteiger partial charge in [0.05, 0.1) is 11.4 Å². The quantitative estimate of drug-likeness (QED) is 0.546. The third-order valence-corrected chi connectivity index (χ3v) is 6.53. The first kappa shape index (κ1) is 16.3. The van der Waals surface area contributed by atoms with E-state index >= 15 is 0 Å². The summed E-state index contributed by atoms with van der Waals surface area (Å²) in [7, 11) is 0. The van der Waals surface area contributed by atoms with Crippen LogP contribution in [0.25, 0.3) is 21.5 Å². The molecule has 0 aromatic carbocycles. The summed E-state index contributed by atoms with van der Waals surface area (Å²) in [5.41, 5.74) is 10.9. The molecular weight excluding hydrogens is 378 g/mol. The van der Waals surface area contributed by atoms with Crippen molar-refractivity contribution in [3.8, 4) is 11.3 Å². The van der Waals surface area contributed by atoms with Crippen LogP contribution in [0.15, 0.2) is 36.0 Å². The summed E-state index contributed by atoms with van der Waals surface area (Å²) in [6.45, 7) is 0. The molecule has 5 rings (SSSR count). The number of aromatic nitrogens is 3. The molecule has 6 nitrogen and oxygen atoms in total. The smallest absolute Gasteiger partial charge is 0.269 e. The molecule has 4 aromatic rings. The van der Waals surface area contributed by atoms with E-state index in [-0.39, 0.29) is 5.91 Å². The topological polar surface area (TPSA) is 93.8 Å². The molecule has 0 fully saturated rings. The standard InChI is InChI=1S/C19H15N5OS2/c20-15-12-8-11-2-1-3-13(11)22-18(12)27-16(15)17(25)24-19-23-14(9-26-19)10-4-6-21-7-5-10/h4-9H,1-3,20H2,(H,23,24,25). The lowest BCUT2D eigenvalue weighted by molar-refractivity contribution is 0.103. The third kappa shape index (κ3) is 2.87. The van der Waals surface area contributed by atoms with Crippen molar-refractivity contribution in [3.05, 3.63) is 52.1 Å². The molecule has 134 valence electrons. The fraction of sp³-hybridized carbons (Fsp3) is 0.158. The number of nitrogen functional groups attached to an aromatic ring is 1. The van der Waals surface area contributed by atoms with Gasteiger partial charge < -0.3 is 5.73 Å². The summed E-state index contributed by atoms with van der Waals surface area (Å²) >= 11 is 2.72. The van der Waals surface area contributed by atoms with Crippen LogP contribution in [0.3, 0.4) is 0 Å². The van der Waals surface area contributed by atoms with Gasteiger partial charge in [0.15, 0.2) is 5.13 Å². The van der Waals surface area contributed by atoms with Crippen LogP contribution >= 0.6 is 22.7 Å². The van der Waals surface area contributed by atoms with Crippen molar-refractivity contribution in [1.82, 2.24) is 15.0 Å². The molecule has 4 heterocycles. The number of hydrogen-bond donors (Lipinski definition) is 2. The van der Waals surface area contributed by atoms with Crippen LogP contribution in [0.5, 0.6) is 0 Å². The van der Waals surface area contributed by atoms with Gasteiger partial charge in [0, 0.05) is 34.4 Å². The van der Waals surface area contributed by atoms with Gasteiger partial charge in [-0.3, -0.25) is 15.1 Å². The van der Waals surface area contributed by atoms with E-state index in [0.29, 0.717) is 15.7 Å². The fourth-order valence-corrected chi connectivity index (χ4v) is 5.01. The molecule has 0 bridgehead atoms. The molecule has 0 atom stereocenters. The van der Waals surface area contributed by atoms with Crippen LogP contribution in [0.2, 0.25) is 0 Å². The van der Waals surface area contributed by atoms with E-state index in [1.807, 2.05) is 17.5 Å². The molecular formula is C19H15N5OS2. The van der Waals surface area contributed by atoms with E-state index in [2.05, 4.69) is 21.4 Å². The summed E-state index contributed by atoms with van der Waals surface area (Å²) in [6.07, 6.45) is 6.61. The van der Waals surface area contributed by atoms with E-state index in [9.17, 15) is 4.79 Å². The van der Waals surface area contributed by atoms with Crippen molar-refractivity contribution in [2.24, 2.45) is 0 Å². The zero-order valence-electron chi connectivity index (χ0n) is 14.2. The zero-order chi connectivity index (χ0) is 18.4. The van der Waals surface area contributed by atoms with Gasteiger partial charge in [0.1, 0.15) is 9.71 Å². The lowest BCUT2D eigenvalue weighted by Gasteiger charge is -2.01. The Morgan fingerprint density at radius 3 is 2.89 bits per heavy atom. The van der Waals surface area contributed by atoms with E-state index in [1.165, 1.54) is 28.2 Å². The lowest BCUT2D eigenvalue weighted by atomic mass is 10.1. The predicted octanol–water partition coefficient (Wildman–Crippen LogP) is 4.14. The second-order valence-electron chi connectivity index (χ2n) is 6.37. The van der Waals surface area contributed by atoms with E-state index in [1.54, 1.807) is 12.4 Å². The largest absolute Gasteiger partial charge is 0.397 e. The number of pyridine rings is 2. The minimum Gasteiger partial charge on any atom is -0.397 e. The van der Waals surface area contributed by atoms with Crippen molar-refractivity contribution in [2.75, 3.05) is 11.1 Å². The number of rotatable bonds is 3. The minimum absolute atomic E-state index is 0.244. The first-order chi connectivity index (χ1) is 13.2. The van der Waals surface area contributed by atoms with Crippen LogP contribution in [0.1, 0.15) is 27.3 Å². The fourth-order valence-electron chi connectivity index (χ4n) is 3.31. The second kappa shape index (κ2) is 6.40. The number of nitrogens with one attached hydrogen (secondary N) is 1. The molecule has 1 amide bonds. The van der Waals surface area contributed by atoms with Gasteiger partial charge in [-0.15, -0.1) is 22.7 Å². The Hall–Kier alpha value is -2.84. The maximum atomic E-state index is 12.8. The zero-order valence-corrected chi connectivity index (χ0v) is 15.9. The molecule has 1 aliphatic carbocycles. The molecule has 0 unspecified atom stereocenters. The van der Waals surface area contributed by atoms with Crippen LogP contribution in [-0.2, 0) is 12.8 Å². The molecule has 27 heavy (non-hydrogen) atoms. The monoisotopic (exact) mass is 393 g/mol. The van der Waals surface area contributed by atoms with Gasteiger partial charge in [0.25, 0.3) is 5.91 Å². The Labute approximate surface area is 163 Å². The van der Waals surface area contributed by atoms with Crippen LogP contribution in [0.4, 0.5) is 10.8 Å². The van der Waals surface area contributed by atoms with E-state index in [0.717, 1.165) is 46.4 Å². The summed E-state index contributed by atoms with van der Waals surface area (Å²) in [4.78, 5) is 27.3. The Bertz CT molecular complexity index is 1170. The number of amides is 1. The molecule has 0 saturated heterocycles. The number of hydrogen-bond acceptors (Lipinski definition) is 7. The molecule has 1 aliphatic rings. The predicted molar refractivity (Wildman–Crippen MR) is 109 cm³/mol. The number of carbonyl (C=O) groups is 1. The summed E-state index contributed by atoms with van der Waals surface area (Å²) in [5, 5.41) is 6.19. The van der Waals surface area contributed by atoms with Gasteiger partial charge in [-0.1, -0.05) is 0 Å². The highest BCUT2D eigenvalue weighted by atomic mass is 32.1. The maximum Gasteiger partial charge on any atom is 0.269 e. The third-order valence-electron chi connectivity index (χ3n) is 4.66. The molecule has 3 N–H and O–H groups in total. The molecule has 4 aromatic heterocycles. The second-order valence-corrected chi connectivity index (χ2v) is 8.23. The van der Waals surface area contributed by atoms with Crippen LogP contribution < -0.4 is 11.1 Å². The first-order valence-electron chi connectivity index (χ1n) is 8.57. The van der Waals surface area contributed by atoms with Crippen LogP contribution in [-0.4, -0.2) is 20.9 Å². The van der Waals surface area contributed by atoms with Gasteiger partial charge in [0.2, 0.25) is 0 Å². The lowest BCUT2D eigenvalue weighted by Crippen LogP contribution is -2.11. The van der Waals surface area contributed by atoms with E-state index in [4.69, 9.17) is 10.7 Å². The number of thiophene rings is 1. The Morgan fingerprint density at radius 1 is 1.19 bits per heavy atom. The maximum absolute atomic E-state index is 12.8. The number of thiazole rings is 1. The summed E-state index contributed by atoms with van der Waals surface area (Å²) in [5.74, 6) is -0.244. The summed E-state index contributed by atoms with van der Waals surface area (Å²) in [6, 6.07) is 5.86. The number of fused-ring (bicyclic) bond motifs is 2. The van der Waals surface area contributed by atoms with Gasteiger partial charge in [-0.25, -0.2) is 9.97 Å². The van der Waals surface area contributed by atoms with Gasteiger partial charge >= 0.3 is 0 Å². The minimum atomic E-state index is -0.244. The molecule has 0 aliphatic heterocycles. The Kier molecular flexibility index (Phi) is 3.87. The number of anilines is 2. The SMILES string of the molecule is Nc1c(C(=O)Nc2nc(-c3ccncc3)cs2)sc2nc3c(cc12)CCC3. The number of nitrogens with zero attached hydrogens (tertiary/aromatic N) is 3. The average Bonchev–Trinajstić information content (AvgIpc) is 3.40. The Balaban J connectivity index is 1.43. The molecule has 0 radical (unpaired) electrons. The van der Waals surface area contributed by atoms with Gasteiger partial charge in [-0.2, -0.15) is 0 Å². The molecule has 8 heteroatoms. The van der Waals surface area contributed by atoms with Crippen molar-refractivity contribution in [2.45, 2.75) is 19.3 Å². The van der Waals surface area contributed by atoms with E-state index < -0.39 is 0 Å². The average molecular weight is 393 g/mol. The number of carbonyl (C=O) groups excluding carboxylic acids is 1. The van der Waals surface area contributed by atoms with Crippen molar-refractivity contribution < 1.29 is 4.79 Å². The normalized spacial score (nSPS) is 13.0. The highest BCUT2D eigenvalue weighted by molar-refractivity contribution is 7.21. The highest BCUT2D eigenvalue weighted by Gasteiger charge is 2.21. The first-order valence-corrected chi connectivity index (χ1v) is 10.3. The van der Waals surface area contributed by atoms with Crippen molar-refractivity contribution >= 4 is 49.6 Å². The highest BCUT2D eigenvalue weighted by Crippen LogP contribution is 2.36. The number of nitrogens with two attached hydrogens (primary N) is 1. The van der Waals surface area contributed by atoms with Crippen molar-refractivity contribution in [1.29, 1.82) is 0 Å². The Morgan fingerprint density at radius 2 is 2.04 bits per heavy atom.